The van der Waals surface area contributed by atoms with Crippen molar-refractivity contribution in [1.29, 1.82) is 0 Å². The molecule has 0 aliphatic carbocycles. The largest absolute Gasteiger partial charge is 0.342 e. The molecule has 1 fully saturated rings. The van der Waals surface area contributed by atoms with Crippen molar-refractivity contribution in [2.24, 2.45) is 5.92 Å². The summed E-state index contributed by atoms with van der Waals surface area (Å²) in [6.45, 7) is 4.03. The van der Waals surface area contributed by atoms with E-state index in [0.717, 1.165) is 18.7 Å². The van der Waals surface area contributed by atoms with Crippen LogP contribution in [0.1, 0.15) is 18.5 Å². The van der Waals surface area contributed by atoms with Gasteiger partial charge in [-0.15, -0.1) is 0 Å². The van der Waals surface area contributed by atoms with E-state index in [2.05, 4.69) is 15.2 Å². The first-order valence-electron chi connectivity index (χ1n) is 7.62. The van der Waals surface area contributed by atoms with Crippen LogP contribution in [0.15, 0.2) is 18.2 Å². The molecule has 0 bridgehead atoms. The van der Waals surface area contributed by atoms with Crippen molar-refractivity contribution in [1.82, 2.24) is 14.8 Å². The molecule has 1 aromatic heterocycles. The van der Waals surface area contributed by atoms with Crippen LogP contribution >= 0.6 is 0 Å². The van der Waals surface area contributed by atoms with E-state index in [1.807, 2.05) is 33.2 Å². The van der Waals surface area contributed by atoms with Crippen molar-refractivity contribution in [3.8, 4) is 0 Å². The summed E-state index contributed by atoms with van der Waals surface area (Å²) >= 11 is 0. The Hall–Kier alpha value is -1.95. The van der Waals surface area contributed by atoms with Crippen LogP contribution in [0.4, 0.5) is 5.82 Å². The number of carbonyl (C=O) groups excluding carboxylic acids is 2. The van der Waals surface area contributed by atoms with E-state index in [1.165, 1.54) is 0 Å². The van der Waals surface area contributed by atoms with E-state index in [4.69, 9.17) is 0 Å². The SMILES string of the molecule is Cc1cccc(NC(=O)C2CC(=O)N(CCCN(C)C)C2)n1. The van der Waals surface area contributed by atoms with Crippen LogP contribution in [0.2, 0.25) is 0 Å². The van der Waals surface area contributed by atoms with Gasteiger partial charge < -0.3 is 15.1 Å². The highest BCUT2D eigenvalue weighted by molar-refractivity contribution is 5.96. The van der Waals surface area contributed by atoms with E-state index in [0.29, 0.717) is 25.3 Å². The number of aryl methyl sites for hydroxylation is 1. The van der Waals surface area contributed by atoms with Crippen LogP contribution in [0.25, 0.3) is 0 Å². The molecule has 0 radical (unpaired) electrons. The quantitative estimate of drug-likeness (QED) is 0.855. The Morgan fingerprint density at radius 2 is 2.23 bits per heavy atom. The van der Waals surface area contributed by atoms with Crippen LogP contribution in [-0.2, 0) is 9.59 Å². The minimum absolute atomic E-state index is 0.0658. The van der Waals surface area contributed by atoms with Crippen molar-refractivity contribution < 1.29 is 9.59 Å². The molecule has 1 saturated heterocycles. The molecule has 1 aromatic rings. The number of rotatable bonds is 6. The number of likely N-dealkylation sites (tertiary alicyclic amines) is 1. The predicted molar refractivity (Wildman–Crippen MR) is 85.5 cm³/mol. The van der Waals surface area contributed by atoms with Gasteiger partial charge in [0.05, 0.1) is 5.92 Å². The van der Waals surface area contributed by atoms with Gasteiger partial charge in [0.25, 0.3) is 0 Å². The molecular weight excluding hydrogens is 280 g/mol. The molecule has 1 aliphatic rings. The summed E-state index contributed by atoms with van der Waals surface area (Å²) in [4.78, 5) is 32.4. The summed E-state index contributed by atoms with van der Waals surface area (Å²) in [5, 5.41) is 2.80. The van der Waals surface area contributed by atoms with Gasteiger partial charge in [0.1, 0.15) is 5.82 Å². The molecule has 6 nitrogen and oxygen atoms in total. The monoisotopic (exact) mass is 304 g/mol. The molecule has 0 aromatic carbocycles. The van der Waals surface area contributed by atoms with Gasteiger partial charge >= 0.3 is 0 Å². The van der Waals surface area contributed by atoms with E-state index in [9.17, 15) is 9.59 Å². The van der Waals surface area contributed by atoms with Crippen LogP contribution in [0, 0.1) is 12.8 Å². The van der Waals surface area contributed by atoms with Gasteiger partial charge in [-0.1, -0.05) is 6.07 Å². The number of carbonyl (C=O) groups is 2. The van der Waals surface area contributed by atoms with E-state index in [-0.39, 0.29) is 17.7 Å². The Balaban J connectivity index is 1.85. The second-order valence-electron chi connectivity index (χ2n) is 6.05. The maximum Gasteiger partial charge on any atom is 0.230 e. The highest BCUT2D eigenvalue weighted by Crippen LogP contribution is 2.19. The third-order valence-corrected chi connectivity index (χ3v) is 3.76. The van der Waals surface area contributed by atoms with Crippen molar-refractivity contribution in [2.75, 3.05) is 39.0 Å². The van der Waals surface area contributed by atoms with Crippen molar-refractivity contribution >= 4 is 17.6 Å². The number of hydrogen-bond donors (Lipinski definition) is 1. The highest BCUT2D eigenvalue weighted by Gasteiger charge is 2.34. The first kappa shape index (κ1) is 16.4. The lowest BCUT2D eigenvalue weighted by molar-refractivity contribution is -0.128. The second kappa shape index (κ2) is 7.35. The number of hydrogen-bond acceptors (Lipinski definition) is 4. The van der Waals surface area contributed by atoms with E-state index < -0.39 is 0 Å². The molecule has 120 valence electrons. The van der Waals surface area contributed by atoms with Crippen molar-refractivity contribution in [3.63, 3.8) is 0 Å². The lowest BCUT2D eigenvalue weighted by Gasteiger charge is -2.18. The Bertz CT molecular complexity index is 545. The Morgan fingerprint density at radius 1 is 1.45 bits per heavy atom. The van der Waals surface area contributed by atoms with Crippen LogP contribution < -0.4 is 5.32 Å². The van der Waals surface area contributed by atoms with Gasteiger partial charge in [-0.25, -0.2) is 4.98 Å². The number of pyridine rings is 1. The second-order valence-corrected chi connectivity index (χ2v) is 6.05. The van der Waals surface area contributed by atoms with Gasteiger partial charge in [-0.05, 0) is 46.1 Å². The van der Waals surface area contributed by atoms with Crippen LogP contribution in [-0.4, -0.2) is 60.3 Å². The lowest BCUT2D eigenvalue weighted by Crippen LogP contribution is -2.30. The third-order valence-electron chi connectivity index (χ3n) is 3.76. The van der Waals surface area contributed by atoms with Gasteiger partial charge in [0.15, 0.2) is 0 Å². The third kappa shape index (κ3) is 4.53. The first-order chi connectivity index (χ1) is 10.5. The fraction of sp³-hybridized carbons (Fsp3) is 0.562. The van der Waals surface area contributed by atoms with Gasteiger partial charge in [-0.2, -0.15) is 0 Å². The molecule has 0 saturated carbocycles. The smallest absolute Gasteiger partial charge is 0.230 e. The fourth-order valence-corrected chi connectivity index (χ4v) is 2.58. The van der Waals surface area contributed by atoms with Crippen LogP contribution in [0.3, 0.4) is 0 Å². The van der Waals surface area contributed by atoms with Gasteiger partial charge in [0, 0.05) is 25.2 Å². The topological polar surface area (TPSA) is 65.5 Å². The number of aromatic nitrogens is 1. The zero-order valence-electron chi connectivity index (χ0n) is 13.5. The summed E-state index contributed by atoms with van der Waals surface area (Å²) in [6, 6.07) is 5.49. The highest BCUT2D eigenvalue weighted by atomic mass is 16.2. The van der Waals surface area contributed by atoms with Gasteiger partial charge in [0.2, 0.25) is 11.8 Å². The average Bonchev–Trinajstić information content (AvgIpc) is 2.80. The summed E-state index contributed by atoms with van der Waals surface area (Å²) in [5.74, 6) is 0.204. The molecule has 2 amide bonds. The molecule has 1 atom stereocenters. The molecule has 1 aliphatic heterocycles. The zero-order valence-corrected chi connectivity index (χ0v) is 13.5. The molecule has 1 N–H and O–H groups in total. The molecule has 6 heteroatoms. The Labute approximate surface area is 131 Å². The fourth-order valence-electron chi connectivity index (χ4n) is 2.58. The number of nitrogens with one attached hydrogen (secondary N) is 1. The summed E-state index contributed by atoms with van der Waals surface area (Å²) in [5.41, 5.74) is 0.852. The minimum atomic E-state index is -0.283. The molecule has 22 heavy (non-hydrogen) atoms. The molecule has 1 unspecified atom stereocenters. The first-order valence-corrected chi connectivity index (χ1v) is 7.62. The zero-order chi connectivity index (χ0) is 16.1. The Kier molecular flexibility index (Phi) is 5.49. The normalized spacial score (nSPS) is 18.1. The predicted octanol–water partition coefficient (Wildman–Crippen LogP) is 1.13. The van der Waals surface area contributed by atoms with E-state index in [1.54, 1.807) is 11.0 Å². The molecule has 0 spiro atoms. The molecule has 2 rings (SSSR count). The lowest BCUT2D eigenvalue weighted by atomic mass is 10.1. The average molecular weight is 304 g/mol. The Morgan fingerprint density at radius 3 is 2.91 bits per heavy atom. The summed E-state index contributed by atoms with van der Waals surface area (Å²) in [6.07, 6.45) is 1.21. The van der Waals surface area contributed by atoms with Crippen molar-refractivity contribution in [2.45, 2.75) is 19.8 Å². The summed E-state index contributed by atoms with van der Waals surface area (Å²) < 4.78 is 0. The molecule has 2 heterocycles. The van der Waals surface area contributed by atoms with Gasteiger partial charge in [-0.3, -0.25) is 9.59 Å². The van der Waals surface area contributed by atoms with Crippen LogP contribution in [0.5, 0.6) is 0 Å². The van der Waals surface area contributed by atoms with E-state index >= 15 is 0 Å². The maximum atomic E-state index is 12.3. The van der Waals surface area contributed by atoms with Crippen molar-refractivity contribution in [3.05, 3.63) is 23.9 Å². The number of nitrogens with zero attached hydrogens (tertiary/aromatic N) is 3. The number of amides is 2. The maximum absolute atomic E-state index is 12.3. The standard InChI is InChI=1S/C16H24N4O2/c1-12-6-4-7-14(17-12)18-16(22)13-10-15(21)20(11-13)9-5-8-19(2)3/h4,6-7,13H,5,8-11H2,1-3H3,(H,17,18,22). The minimum Gasteiger partial charge on any atom is -0.342 e. The summed E-state index contributed by atoms with van der Waals surface area (Å²) in [7, 11) is 4.02. The number of anilines is 1. The molecular formula is C16H24N4O2.